The fourth-order valence-electron chi connectivity index (χ4n) is 3.52. The minimum Gasteiger partial charge on any atom is -0.463 e. The van der Waals surface area contributed by atoms with Crippen molar-refractivity contribution < 1.29 is 28.6 Å². The number of urea groups is 1. The van der Waals surface area contributed by atoms with Gasteiger partial charge in [-0.25, -0.2) is 19.4 Å². The highest BCUT2D eigenvalue weighted by atomic mass is 16.5. The van der Waals surface area contributed by atoms with E-state index in [2.05, 4.69) is 15.6 Å². The topological polar surface area (TPSA) is 116 Å². The maximum Gasteiger partial charge on any atom is 0.344 e. The van der Waals surface area contributed by atoms with Crippen molar-refractivity contribution in [3.05, 3.63) is 101 Å². The van der Waals surface area contributed by atoms with Gasteiger partial charge < -0.3 is 24.8 Å². The second-order valence-corrected chi connectivity index (χ2v) is 7.40. The lowest BCUT2D eigenvalue weighted by Crippen LogP contribution is -2.47. The largest absolute Gasteiger partial charge is 0.463 e. The summed E-state index contributed by atoms with van der Waals surface area (Å²) in [5, 5.41) is 5.30. The molecular formula is C26H23N3O6. The van der Waals surface area contributed by atoms with Crippen LogP contribution in [0.4, 0.5) is 4.79 Å². The lowest BCUT2D eigenvalue weighted by atomic mass is 9.95. The van der Waals surface area contributed by atoms with Crippen molar-refractivity contribution in [1.82, 2.24) is 15.6 Å². The van der Waals surface area contributed by atoms with Crippen LogP contribution in [-0.4, -0.2) is 36.2 Å². The minimum absolute atomic E-state index is 0.0693. The van der Waals surface area contributed by atoms with E-state index in [-0.39, 0.29) is 35.9 Å². The molecule has 1 unspecified atom stereocenters. The molecule has 35 heavy (non-hydrogen) atoms. The van der Waals surface area contributed by atoms with E-state index in [1.807, 2.05) is 12.1 Å². The Kier molecular flexibility index (Phi) is 7.37. The van der Waals surface area contributed by atoms with E-state index in [0.29, 0.717) is 11.3 Å². The smallest absolute Gasteiger partial charge is 0.344 e. The number of carbonyl (C=O) groups is 3. The molecule has 1 aliphatic heterocycles. The summed E-state index contributed by atoms with van der Waals surface area (Å²) in [7, 11) is 0. The molecule has 0 aliphatic carbocycles. The molecule has 0 fully saturated rings. The van der Waals surface area contributed by atoms with E-state index in [1.165, 1.54) is 12.3 Å². The Bertz CT molecular complexity index is 1240. The number of nitrogens with zero attached hydrogens (tertiary/aromatic N) is 1. The van der Waals surface area contributed by atoms with Gasteiger partial charge in [0.05, 0.1) is 23.9 Å². The van der Waals surface area contributed by atoms with Crippen LogP contribution in [0, 0.1) is 0 Å². The van der Waals surface area contributed by atoms with Crippen LogP contribution in [0.15, 0.2) is 90.3 Å². The van der Waals surface area contributed by atoms with E-state index < -0.39 is 24.0 Å². The molecule has 0 bridgehead atoms. The molecule has 2 heterocycles. The van der Waals surface area contributed by atoms with Crippen LogP contribution in [0.3, 0.4) is 0 Å². The molecule has 2 amide bonds. The molecule has 1 atom stereocenters. The number of rotatable bonds is 8. The van der Waals surface area contributed by atoms with Gasteiger partial charge in [0.25, 0.3) is 0 Å². The third-order valence-corrected chi connectivity index (χ3v) is 5.08. The SMILES string of the molecule is CCOC(=O)C1=C(COC(=O)c2cccnc2Oc2ccccc2)NC(=O)NC1c1ccccc1. The first-order chi connectivity index (χ1) is 17.1. The van der Waals surface area contributed by atoms with Crippen LogP contribution in [0.1, 0.15) is 28.9 Å². The number of para-hydroxylation sites is 1. The van der Waals surface area contributed by atoms with Crippen LogP contribution >= 0.6 is 0 Å². The Hall–Kier alpha value is -4.66. The molecule has 0 spiro atoms. The molecular weight excluding hydrogens is 450 g/mol. The van der Waals surface area contributed by atoms with Crippen LogP contribution in [0.2, 0.25) is 0 Å². The van der Waals surface area contributed by atoms with Crippen molar-refractivity contribution in [2.75, 3.05) is 13.2 Å². The molecule has 0 radical (unpaired) electrons. The van der Waals surface area contributed by atoms with Crippen LogP contribution in [0.25, 0.3) is 0 Å². The number of amides is 2. The Morgan fingerprint density at radius 3 is 2.34 bits per heavy atom. The van der Waals surface area contributed by atoms with E-state index in [0.717, 1.165) is 0 Å². The number of pyridine rings is 1. The number of aromatic nitrogens is 1. The van der Waals surface area contributed by atoms with E-state index >= 15 is 0 Å². The summed E-state index contributed by atoms with van der Waals surface area (Å²) in [5.41, 5.74) is 1.05. The van der Waals surface area contributed by atoms with Gasteiger partial charge in [-0.1, -0.05) is 48.5 Å². The highest BCUT2D eigenvalue weighted by molar-refractivity contribution is 5.96. The highest BCUT2D eigenvalue weighted by Crippen LogP contribution is 2.28. The van der Waals surface area contributed by atoms with Gasteiger partial charge >= 0.3 is 18.0 Å². The molecule has 0 saturated heterocycles. The number of ether oxygens (including phenoxy) is 3. The van der Waals surface area contributed by atoms with Crippen molar-refractivity contribution in [3.8, 4) is 11.6 Å². The Labute approximate surface area is 201 Å². The third-order valence-electron chi connectivity index (χ3n) is 5.08. The van der Waals surface area contributed by atoms with Crippen LogP contribution in [-0.2, 0) is 14.3 Å². The van der Waals surface area contributed by atoms with Crippen molar-refractivity contribution in [2.45, 2.75) is 13.0 Å². The van der Waals surface area contributed by atoms with Gasteiger partial charge in [-0.15, -0.1) is 0 Å². The normalized spacial score (nSPS) is 15.0. The highest BCUT2D eigenvalue weighted by Gasteiger charge is 2.34. The molecule has 3 aromatic rings. The molecule has 9 nitrogen and oxygen atoms in total. The molecule has 178 valence electrons. The minimum atomic E-state index is -0.770. The van der Waals surface area contributed by atoms with Crippen LogP contribution in [0.5, 0.6) is 11.6 Å². The lowest BCUT2D eigenvalue weighted by Gasteiger charge is -2.29. The molecule has 1 aliphatic rings. The molecule has 9 heteroatoms. The fraction of sp³-hybridized carbons (Fsp3) is 0.154. The average molecular weight is 473 g/mol. The van der Waals surface area contributed by atoms with Crippen molar-refractivity contribution in [3.63, 3.8) is 0 Å². The maximum atomic E-state index is 12.9. The van der Waals surface area contributed by atoms with Gasteiger partial charge in [-0.3, -0.25) is 0 Å². The first-order valence-electron chi connectivity index (χ1n) is 10.9. The molecule has 4 rings (SSSR count). The third kappa shape index (κ3) is 5.64. The summed E-state index contributed by atoms with van der Waals surface area (Å²) in [5.74, 6) is -0.790. The standard InChI is InChI=1S/C26H23N3O6/c1-2-33-25(31)21-20(28-26(32)29-22(21)17-10-5-3-6-11-17)16-34-24(30)19-14-9-15-27-23(19)35-18-12-7-4-8-13-18/h3-15,22H,2,16H2,1H3,(H2,28,29,32). The number of nitrogens with one attached hydrogen (secondary N) is 2. The monoisotopic (exact) mass is 473 g/mol. The molecule has 2 N–H and O–H groups in total. The number of hydrogen-bond acceptors (Lipinski definition) is 7. The van der Waals surface area contributed by atoms with E-state index in [1.54, 1.807) is 61.5 Å². The first kappa shape index (κ1) is 23.5. The summed E-state index contributed by atoms with van der Waals surface area (Å²) in [6.45, 7) is 1.45. The quantitative estimate of drug-likeness (QED) is 0.477. The first-order valence-corrected chi connectivity index (χ1v) is 10.9. The Balaban J connectivity index is 1.60. The van der Waals surface area contributed by atoms with Crippen LogP contribution < -0.4 is 15.4 Å². The van der Waals surface area contributed by atoms with Crippen molar-refractivity contribution in [1.29, 1.82) is 0 Å². The second-order valence-electron chi connectivity index (χ2n) is 7.40. The summed E-state index contributed by atoms with van der Waals surface area (Å²) in [4.78, 5) is 42.3. The lowest BCUT2D eigenvalue weighted by molar-refractivity contribution is -0.139. The zero-order valence-corrected chi connectivity index (χ0v) is 18.9. The second kappa shape index (κ2) is 11.0. The fourth-order valence-corrected chi connectivity index (χ4v) is 3.52. The van der Waals surface area contributed by atoms with Crippen molar-refractivity contribution >= 4 is 18.0 Å². The molecule has 2 aromatic carbocycles. The van der Waals surface area contributed by atoms with Gasteiger partial charge in [0.2, 0.25) is 5.88 Å². The number of benzene rings is 2. The Morgan fingerprint density at radius 2 is 1.63 bits per heavy atom. The van der Waals surface area contributed by atoms with Gasteiger partial charge in [-0.05, 0) is 36.8 Å². The molecule has 1 aromatic heterocycles. The summed E-state index contributed by atoms with van der Waals surface area (Å²) in [6, 6.07) is 19.7. The number of carbonyl (C=O) groups excluding carboxylic acids is 3. The van der Waals surface area contributed by atoms with E-state index in [4.69, 9.17) is 14.2 Å². The van der Waals surface area contributed by atoms with E-state index in [9.17, 15) is 14.4 Å². The predicted molar refractivity (Wildman–Crippen MR) is 126 cm³/mol. The van der Waals surface area contributed by atoms with Gasteiger partial charge in [0.1, 0.15) is 17.9 Å². The predicted octanol–water partition coefficient (Wildman–Crippen LogP) is 3.90. The summed E-state index contributed by atoms with van der Waals surface area (Å²) >= 11 is 0. The number of hydrogen-bond donors (Lipinski definition) is 2. The zero-order chi connectivity index (χ0) is 24.6. The molecule has 0 saturated carbocycles. The number of esters is 2. The summed E-state index contributed by atoms with van der Waals surface area (Å²) in [6.07, 6.45) is 1.49. The summed E-state index contributed by atoms with van der Waals surface area (Å²) < 4.78 is 16.4. The average Bonchev–Trinajstić information content (AvgIpc) is 2.88. The van der Waals surface area contributed by atoms with Crippen molar-refractivity contribution in [2.24, 2.45) is 0 Å². The van der Waals surface area contributed by atoms with Gasteiger partial charge in [0, 0.05) is 6.20 Å². The Morgan fingerprint density at radius 1 is 0.914 bits per heavy atom. The van der Waals surface area contributed by atoms with Gasteiger partial charge in [0.15, 0.2) is 0 Å². The van der Waals surface area contributed by atoms with Gasteiger partial charge in [-0.2, -0.15) is 0 Å². The zero-order valence-electron chi connectivity index (χ0n) is 18.9. The maximum absolute atomic E-state index is 12.9.